The Bertz CT molecular complexity index is 1030. The van der Waals surface area contributed by atoms with Crippen LogP contribution in [0.2, 0.25) is 5.02 Å². The molecule has 0 spiro atoms. The molecular formula is C20H26ClFN4O3S. The molecule has 0 atom stereocenters. The van der Waals surface area contributed by atoms with Crippen LogP contribution in [0, 0.1) is 18.7 Å². The minimum atomic E-state index is -3.73. The molecule has 0 radical (unpaired) electrons. The van der Waals surface area contributed by atoms with Gasteiger partial charge >= 0.3 is 0 Å². The first-order chi connectivity index (χ1) is 14.2. The summed E-state index contributed by atoms with van der Waals surface area (Å²) in [6, 6.07) is 2.72. The van der Waals surface area contributed by atoms with Crippen LogP contribution in [0.1, 0.15) is 55.1 Å². The molecule has 2 N–H and O–H groups in total. The Morgan fingerprint density at radius 3 is 2.63 bits per heavy atom. The van der Waals surface area contributed by atoms with Gasteiger partial charge in [0, 0.05) is 17.8 Å². The average molecular weight is 457 g/mol. The summed E-state index contributed by atoms with van der Waals surface area (Å²) in [6.45, 7) is 4.54. The molecule has 1 aliphatic rings. The average Bonchev–Trinajstić information content (AvgIpc) is 3.09. The van der Waals surface area contributed by atoms with Gasteiger partial charge in [-0.15, -0.1) is 4.83 Å². The van der Waals surface area contributed by atoms with Gasteiger partial charge in [0.05, 0.1) is 28.4 Å². The first-order valence-corrected chi connectivity index (χ1v) is 12.1. The molecule has 0 unspecified atom stereocenters. The molecule has 7 nitrogen and oxygen atoms in total. The number of hydrogen-bond donors (Lipinski definition) is 2. The summed E-state index contributed by atoms with van der Waals surface area (Å²) in [6.07, 6.45) is 6.50. The number of nitrogens with one attached hydrogen (secondary N) is 2. The Balaban J connectivity index is 1.76. The first kappa shape index (κ1) is 22.7. The van der Waals surface area contributed by atoms with E-state index in [2.05, 4.69) is 15.2 Å². The molecule has 1 fully saturated rings. The Labute approximate surface area is 181 Å². The predicted octanol–water partition coefficient (Wildman–Crippen LogP) is 3.82. The molecule has 1 aromatic heterocycles. The monoisotopic (exact) mass is 456 g/mol. The van der Waals surface area contributed by atoms with Crippen molar-refractivity contribution in [3.8, 4) is 11.3 Å². The van der Waals surface area contributed by atoms with Crippen LogP contribution in [0.15, 0.2) is 18.5 Å². The third-order valence-corrected chi connectivity index (χ3v) is 7.08. The van der Waals surface area contributed by atoms with Crippen LogP contribution in [0.3, 0.4) is 0 Å². The van der Waals surface area contributed by atoms with Gasteiger partial charge in [0.1, 0.15) is 0 Å². The van der Waals surface area contributed by atoms with Crippen molar-refractivity contribution in [2.24, 2.45) is 5.92 Å². The number of carbonyl (C=O) groups excluding carboxylic acids is 1. The molecule has 2 aromatic rings. The minimum absolute atomic E-state index is 0.0653. The maximum absolute atomic E-state index is 14.5. The molecule has 1 aliphatic carbocycles. The van der Waals surface area contributed by atoms with Crippen molar-refractivity contribution in [2.45, 2.75) is 52.5 Å². The van der Waals surface area contributed by atoms with E-state index in [-0.39, 0.29) is 22.3 Å². The molecule has 0 bridgehead atoms. The summed E-state index contributed by atoms with van der Waals surface area (Å²) in [5.74, 6) is -1.84. The molecule has 10 heteroatoms. The van der Waals surface area contributed by atoms with Crippen LogP contribution < -0.4 is 10.3 Å². The molecule has 164 valence electrons. The van der Waals surface area contributed by atoms with Crippen molar-refractivity contribution in [3.63, 3.8) is 0 Å². The third kappa shape index (κ3) is 5.19. The highest BCUT2D eigenvalue weighted by molar-refractivity contribution is 7.89. The second kappa shape index (κ2) is 9.45. The molecule has 0 saturated heterocycles. The number of carbonyl (C=O) groups is 1. The van der Waals surface area contributed by atoms with Gasteiger partial charge < -0.3 is 4.57 Å². The zero-order valence-electron chi connectivity index (χ0n) is 17.0. The molecule has 0 aliphatic heterocycles. The topological polar surface area (TPSA) is 93.1 Å². The fourth-order valence-electron chi connectivity index (χ4n) is 3.83. The Kier molecular flexibility index (Phi) is 7.15. The van der Waals surface area contributed by atoms with Crippen LogP contribution in [0.5, 0.6) is 0 Å². The summed E-state index contributed by atoms with van der Waals surface area (Å²) < 4.78 is 41.0. The SMILES string of the molecule is CCn1cnc(-c2cc(Cl)c(F)c(C(=O)NNS(=O)(=O)CC3CCCCC3)c2)c1C. The highest BCUT2D eigenvalue weighted by Gasteiger charge is 2.24. The highest BCUT2D eigenvalue weighted by atomic mass is 35.5. The van der Waals surface area contributed by atoms with Gasteiger partial charge in [0.15, 0.2) is 5.82 Å². The van der Waals surface area contributed by atoms with Gasteiger partial charge in [-0.25, -0.2) is 17.8 Å². The number of imidazole rings is 1. The molecule has 1 amide bonds. The van der Waals surface area contributed by atoms with E-state index in [1.807, 2.05) is 18.4 Å². The zero-order valence-corrected chi connectivity index (χ0v) is 18.6. The van der Waals surface area contributed by atoms with Gasteiger partial charge in [0.2, 0.25) is 10.0 Å². The molecular weight excluding hydrogens is 431 g/mol. The van der Waals surface area contributed by atoms with E-state index >= 15 is 0 Å². The summed E-state index contributed by atoms with van der Waals surface area (Å²) in [7, 11) is -3.73. The number of rotatable bonds is 7. The quantitative estimate of drug-likeness (QED) is 0.619. The lowest BCUT2D eigenvalue weighted by Gasteiger charge is -2.21. The summed E-state index contributed by atoms with van der Waals surface area (Å²) in [4.78, 5) is 18.9. The smallest absolute Gasteiger partial charge is 0.269 e. The molecule has 3 rings (SSSR count). The highest BCUT2D eigenvalue weighted by Crippen LogP contribution is 2.29. The number of hydrogen-bond acceptors (Lipinski definition) is 4. The van der Waals surface area contributed by atoms with E-state index in [0.29, 0.717) is 17.8 Å². The summed E-state index contributed by atoms with van der Waals surface area (Å²) in [5.41, 5.74) is 3.64. The maximum atomic E-state index is 14.5. The fraction of sp³-hybridized carbons (Fsp3) is 0.500. The number of nitrogens with zero attached hydrogens (tertiary/aromatic N) is 2. The van der Waals surface area contributed by atoms with E-state index in [4.69, 9.17) is 11.6 Å². The van der Waals surface area contributed by atoms with E-state index in [1.54, 1.807) is 6.33 Å². The van der Waals surface area contributed by atoms with Crippen molar-refractivity contribution >= 4 is 27.5 Å². The number of hydrazine groups is 1. The standard InChI is InChI=1S/C20H26ClFN4O3S/c1-3-26-12-23-19(13(26)2)15-9-16(18(22)17(21)10-15)20(27)24-25-30(28,29)11-14-7-5-4-6-8-14/h9-10,12,14,25H,3-8,11H2,1-2H3,(H,24,27). The largest absolute Gasteiger partial charge is 0.335 e. The van der Waals surface area contributed by atoms with Crippen molar-refractivity contribution in [1.29, 1.82) is 0 Å². The van der Waals surface area contributed by atoms with Gasteiger partial charge in [-0.3, -0.25) is 10.2 Å². The first-order valence-electron chi connectivity index (χ1n) is 10.0. The number of aromatic nitrogens is 2. The number of benzene rings is 1. The predicted molar refractivity (Wildman–Crippen MR) is 114 cm³/mol. The van der Waals surface area contributed by atoms with Gasteiger partial charge in [0.25, 0.3) is 5.91 Å². The zero-order chi connectivity index (χ0) is 21.9. The Morgan fingerprint density at radius 1 is 1.30 bits per heavy atom. The minimum Gasteiger partial charge on any atom is -0.335 e. The fourth-order valence-corrected chi connectivity index (χ4v) is 5.34. The molecule has 30 heavy (non-hydrogen) atoms. The second-order valence-electron chi connectivity index (χ2n) is 7.63. The van der Waals surface area contributed by atoms with E-state index in [1.165, 1.54) is 12.1 Å². The molecule has 1 heterocycles. The number of aryl methyl sites for hydroxylation is 1. The Hall–Kier alpha value is -1.97. The van der Waals surface area contributed by atoms with Crippen LogP contribution in [0.4, 0.5) is 4.39 Å². The van der Waals surface area contributed by atoms with Crippen molar-refractivity contribution in [2.75, 3.05) is 5.75 Å². The van der Waals surface area contributed by atoms with Gasteiger partial charge in [-0.1, -0.05) is 30.9 Å². The van der Waals surface area contributed by atoms with Crippen molar-refractivity contribution in [1.82, 2.24) is 19.8 Å². The lowest BCUT2D eigenvalue weighted by atomic mass is 9.91. The van der Waals surface area contributed by atoms with E-state index < -0.39 is 21.7 Å². The normalized spacial score (nSPS) is 15.3. The lowest BCUT2D eigenvalue weighted by molar-refractivity contribution is 0.0941. The van der Waals surface area contributed by atoms with Crippen LogP contribution in [0.25, 0.3) is 11.3 Å². The van der Waals surface area contributed by atoms with Gasteiger partial charge in [-0.2, -0.15) is 0 Å². The number of halogens is 2. The Morgan fingerprint density at radius 2 is 2.00 bits per heavy atom. The second-order valence-corrected chi connectivity index (χ2v) is 9.80. The maximum Gasteiger partial charge on any atom is 0.269 e. The number of sulfonamides is 1. The van der Waals surface area contributed by atoms with E-state index in [0.717, 1.165) is 37.8 Å². The van der Waals surface area contributed by atoms with E-state index in [9.17, 15) is 17.6 Å². The van der Waals surface area contributed by atoms with Crippen LogP contribution >= 0.6 is 11.6 Å². The van der Waals surface area contributed by atoms with Gasteiger partial charge in [-0.05, 0) is 44.7 Å². The number of amides is 1. The van der Waals surface area contributed by atoms with Crippen molar-refractivity contribution < 1.29 is 17.6 Å². The van der Waals surface area contributed by atoms with Crippen LogP contribution in [-0.4, -0.2) is 29.6 Å². The van der Waals surface area contributed by atoms with Crippen LogP contribution in [-0.2, 0) is 16.6 Å². The van der Waals surface area contributed by atoms with Crippen molar-refractivity contribution in [3.05, 3.63) is 40.6 Å². The molecule has 1 saturated carbocycles. The lowest BCUT2D eigenvalue weighted by Crippen LogP contribution is -2.44. The summed E-state index contributed by atoms with van der Waals surface area (Å²) >= 11 is 6.00. The third-order valence-electron chi connectivity index (χ3n) is 5.49. The molecule has 1 aromatic carbocycles. The summed E-state index contributed by atoms with van der Waals surface area (Å²) in [5, 5.41) is -0.242.